The molecule has 2 aliphatic heterocycles. The van der Waals surface area contributed by atoms with Crippen molar-refractivity contribution in [3.63, 3.8) is 0 Å². The van der Waals surface area contributed by atoms with E-state index < -0.39 is 45.9 Å². The zero-order chi connectivity index (χ0) is 34.9. The molecular weight excluding hydrogens is 604 g/mol. The number of aliphatic hydroxyl groups excluding tert-OH is 1. The topological polar surface area (TPSA) is 149 Å². The molecule has 0 bridgehead atoms. The number of epoxide rings is 1. The van der Waals surface area contributed by atoms with E-state index in [1.807, 2.05) is 13.8 Å². The summed E-state index contributed by atoms with van der Waals surface area (Å²) in [5.41, 5.74) is 2.21. The van der Waals surface area contributed by atoms with Crippen LogP contribution >= 0.6 is 0 Å². The molecular formula is C40H68N2O6. The number of ketones is 1. The third-order valence-electron chi connectivity index (χ3n) is 15.7. The fraction of sp³-hybridized carbons (Fsp3) is 0.925. The van der Waals surface area contributed by atoms with E-state index in [1.165, 1.54) is 6.42 Å². The SMILES string of the molecule is CCCCCC[C@]12CC[C@H](O)C[C@H]1C(=O)C=C1[C@@H]2CC[C@@]2(C)[C@@H]([C@@](C)(O)[C@@H]3O[C@@H]3[C@](C)(O)C(C)(C)CCC3CCNC(N)C3)CC[C@@]12O. The van der Waals surface area contributed by atoms with Gasteiger partial charge in [-0.25, -0.2) is 0 Å². The fourth-order valence-electron chi connectivity index (χ4n) is 12.1. The third-order valence-corrected chi connectivity index (χ3v) is 15.7. The predicted octanol–water partition coefficient (Wildman–Crippen LogP) is 5.53. The molecule has 8 heteroatoms. The number of unbranched alkanes of at least 4 members (excludes halogenated alkanes) is 3. The van der Waals surface area contributed by atoms with Gasteiger partial charge in [-0.05, 0) is 138 Å². The van der Waals surface area contributed by atoms with Gasteiger partial charge in [-0.2, -0.15) is 0 Å². The monoisotopic (exact) mass is 673 g/mol. The number of fused-ring (bicyclic) bond motifs is 5. The van der Waals surface area contributed by atoms with Gasteiger partial charge in [0.2, 0.25) is 0 Å². The van der Waals surface area contributed by atoms with E-state index >= 15 is 0 Å². The number of hydrogen-bond acceptors (Lipinski definition) is 8. The first kappa shape index (κ1) is 36.9. The van der Waals surface area contributed by atoms with E-state index in [0.717, 1.165) is 89.2 Å². The molecule has 0 amide bonds. The Balaban J connectivity index is 1.20. The minimum Gasteiger partial charge on any atom is -0.393 e. The number of rotatable bonds is 12. The normalized spacial score (nSPS) is 45.3. The highest BCUT2D eigenvalue weighted by atomic mass is 16.6. The van der Waals surface area contributed by atoms with Crippen LogP contribution < -0.4 is 11.1 Å². The van der Waals surface area contributed by atoms with Crippen molar-refractivity contribution in [2.75, 3.05) is 6.54 Å². The summed E-state index contributed by atoms with van der Waals surface area (Å²) in [5, 5.41) is 51.3. The van der Waals surface area contributed by atoms with E-state index in [9.17, 15) is 25.2 Å². The van der Waals surface area contributed by atoms with Crippen molar-refractivity contribution < 1.29 is 30.0 Å². The van der Waals surface area contributed by atoms with E-state index in [1.54, 1.807) is 6.08 Å². The molecule has 2 heterocycles. The third kappa shape index (κ3) is 5.89. The van der Waals surface area contributed by atoms with Gasteiger partial charge in [-0.1, -0.05) is 53.4 Å². The predicted molar refractivity (Wildman–Crippen MR) is 188 cm³/mol. The quantitative estimate of drug-likeness (QED) is 0.117. The van der Waals surface area contributed by atoms with Gasteiger partial charge in [-0.15, -0.1) is 0 Å². The number of allylic oxidation sites excluding steroid dienone is 1. The van der Waals surface area contributed by atoms with Crippen LogP contribution in [0.3, 0.4) is 0 Å². The highest BCUT2D eigenvalue weighted by Gasteiger charge is 2.73. The first-order valence-corrected chi connectivity index (χ1v) is 19.7. The summed E-state index contributed by atoms with van der Waals surface area (Å²) in [6, 6.07) is 0. The molecule has 5 fully saturated rings. The van der Waals surface area contributed by atoms with Crippen LogP contribution in [-0.4, -0.2) is 74.0 Å². The second-order valence-electron chi connectivity index (χ2n) is 18.7. The van der Waals surface area contributed by atoms with E-state index in [2.05, 4.69) is 33.0 Å². The molecule has 0 aromatic rings. The Morgan fingerprint density at radius 2 is 1.73 bits per heavy atom. The number of nitrogens with one attached hydrogen (secondary N) is 1. The summed E-state index contributed by atoms with van der Waals surface area (Å²) >= 11 is 0. The molecule has 2 saturated heterocycles. The molecule has 4 aliphatic carbocycles. The molecule has 0 aromatic carbocycles. The van der Waals surface area contributed by atoms with E-state index in [-0.39, 0.29) is 35.1 Å². The molecule has 3 saturated carbocycles. The Labute approximate surface area is 290 Å². The van der Waals surface area contributed by atoms with Crippen molar-refractivity contribution >= 4 is 5.78 Å². The van der Waals surface area contributed by atoms with Gasteiger partial charge in [0.15, 0.2) is 5.78 Å². The van der Waals surface area contributed by atoms with Gasteiger partial charge >= 0.3 is 0 Å². The van der Waals surface area contributed by atoms with Gasteiger partial charge in [0.25, 0.3) is 0 Å². The minimum atomic E-state index is -1.26. The lowest BCUT2D eigenvalue weighted by Gasteiger charge is -2.61. The molecule has 8 nitrogen and oxygen atoms in total. The number of nitrogens with two attached hydrogens (primary N) is 1. The second kappa shape index (κ2) is 13.0. The van der Waals surface area contributed by atoms with Crippen molar-refractivity contribution in [3.8, 4) is 0 Å². The maximum Gasteiger partial charge on any atom is 0.159 e. The average molecular weight is 673 g/mol. The zero-order valence-electron chi connectivity index (χ0n) is 30.9. The molecule has 0 radical (unpaired) electrons. The van der Waals surface area contributed by atoms with Gasteiger partial charge in [0, 0.05) is 11.3 Å². The van der Waals surface area contributed by atoms with Crippen LogP contribution in [0.1, 0.15) is 144 Å². The average Bonchev–Trinajstić information content (AvgIpc) is 3.80. The molecule has 2 unspecified atom stereocenters. The fourth-order valence-corrected chi connectivity index (χ4v) is 12.1. The number of carbonyl (C=O) groups excluding carboxylic acids is 1. The first-order valence-electron chi connectivity index (χ1n) is 19.7. The summed E-state index contributed by atoms with van der Waals surface area (Å²) in [5.74, 6) is 0.314. The summed E-state index contributed by atoms with van der Waals surface area (Å²) in [6.45, 7) is 13.2. The lowest BCUT2D eigenvalue weighted by molar-refractivity contribution is -0.156. The van der Waals surface area contributed by atoms with Gasteiger partial charge in [-0.3, -0.25) is 4.79 Å². The standard InChI is InChI=1S/C40H68N2O6/c1-7-8-9-10-16-39-19-12-26(43)23-29(39)30(44)24-28-27(39)13-18-36(4)31(14-20-40(28,36)47)37(5,45)33-34(48-33)38(6,46)35(2,3)17-11-25-15-21-42-32(41)22-25/h24-27,29,31-34,42-43,45-47H,7-23,41H2,1-6H3/t25?,26-,27-,29-,31-,32?,33+,34-,36-,37+,38-,39+,40+/m0/s1. The van der Waals surface area contributed by atoms with Gasteiger partial charge in [0.05, 0.1) is 29.1 Å². The number of carbonyl (C=O) groups is 1. The number of hydrogen-bond donors (Lipinski definition) is 6. The Hall–Kier alpha value is -0.870. The zero-order valence-corrected chi connectivity index (χ0v) is 30.9. The van der Waals surface area contributed by atoms with Crippen LogP contribution in [0, 0.1) is 39.9 Å². The molecule has 6 aliphatic rings. The molecule has 7 N–H and O–H groups in total. The second-order valence-corrected chi connectivity index (χ2v) is 18.7. The number of piperidine rings is 1. The van der Waals surface area contributed by atoms with Crippen LogP contribution in [0.5, 0.6) is 0 Å². The lowest BCUT2D eigenvalue weighted by Crippen LogP contribution is -2.62. The van der Waals surface area contributed by atoms with Crippen LogP contribution in [0.2, 0.25) is 0 Å². The van der Waals surface area contributed by atoms with Crippen LogP contribution in [0.4, 0.5) is 0 Å². The molecule has 0 aromatic heterocycles. The summed E-state index contributed by atoms with van der Waals surface area (Å²) in [7, 11) is 0. The summed E-state index contributed by atoms with van der Waals surface area (Å²) < 4.78 is 6.29. The maximum absolute atomic E-state index is 14.0. The molecule has 48 heavy (non-hydrogen) atoms. The maximum atomic E-state index is 14.0. The van der Waals surface area contributed by atoms with Crippen molar-refractivity contribution in [1.29, 1.82) is 0 Å². The molecule has 6 rings (SSSR count). The summed E-state index contributed by atoms with van der Waals surface area (Å²) in [6.07, 6.45) is 14.7. The lowest BCUT2D eigenvalue weighted by atomic mass is 9.44. The molecule has 274 valence electrons. The largest absolute Gasteiger partial charge is 0.393 e. The van der Waals surface area contributed by atoms with Crippen molar-refractivity contribution in [1.82, 2.24) is 5.32 Å². The number of ether oxygens (including phenoxy) is 1. The molecule has 13 atom stereocenters. The highest BCUT2D eigenvalue weighted by molar-refractivity contribution is 5.95. The Morgan fingerprint density at radius 1 is 0.979 bits per heavy atom. The Bertz CT molecular complexity index is 1230. The molecule has 0 spiro atoms. The Kier molecular flexibility index (Phi) is 9.97. The van der Waals surface area contributed by atoms with Crippen LogP contribution in [-0.2, 0) is 9.53 Å². The smallest absolute Gasteiger partial charge is 0.159 e. The van der Waals surface area contributed by atoms with Crippen molar-refractivity contribution in [2.24, 2.45) is 45.7 Å². The van der Waals surface area contributed by atoms with Crippen molar-refractivity contribution in [3.05, 3.63) is 11.6 Å². The highest BCUT2D eigenvalue weighted by Crippen LogP contribution is 2.70. The number of aliphatic hydroxyl groups is 4. The van der Waals surface area contributed by atoms with Crippen LogP contribution in [0.25, 0.3) is 0 Å². The summed E-state index contributed by atoms with van der Waals surface area (Å²) in [4.78, 5) is 14.0. The van der Waals surface area contributed by atoms with Crippen molar-refractivity contribution in [2.45, 2.75) is 186 Å². The first-order chi connectivity index (χ1) is 22.4. The van der Waals surface area contributed by atoms with Gasteiger partial charge in [0.1, 0.15) is 12.2 Å². The van der Waals surface area contributed by atoms with Crippen LogP contribution in [0.15, 0.2) is 11.6 Å². The van der Waals surface area contributed by atoms with E-state index in [0.29, 0.717) is 25.2 Å². The van der Waals surface area contributed by atoms with E-state index in [4.69, 9.17) is 10.5 Å². The Morgan fingerprint density at radius 3 is 2.44 bits per heavy atom. The minimum absolute atomic E-state index is 0.0379. The van der Waals surface area contributed by atoms with Gasteiger partial charge < -0.3 is 36.2 Å².